The maximum Gasteiger partial charge on any atom is 0.450 e. The molecule has 80 valence electrons. The predicted molar refractivity (Wildman–Crippen MR) is 42.5 cm³/mol. The highest BCUT2D eigenvalue weighted by Crippen LogP contribution is 2.41. The first-order chi connectivity index (χ1) is 6.25. The molecule has 3 atom stereocenters. The van der Waals surface area contributed by atoms with Gasteiger partial charge in [-0.25, -0.2) is 0 Å². The highest BCUT2D eigenvalue weighted by Gasteiger charge is 2.49. The minimum Gasteiger partial charge on any atom is -0.299 e. The van der Waals surface area contributed by atoms with Crippen LogP contribution in [0.4, 0.5) is 13.2 Å². The van der Waals surface area contributed by atoms with E-state index in [9.17, 15) is 22.8 Å². The number of halogens is 3. The molecular weight excluding hydrogens is 197 g/mol. The van der Waals surface area contributed by atoms with E-state index in [0.29, 0.717) is 6.42 Å². The van der Waals surface area contributed by atoms with Crippen LogP contribution in [0, 0.1) is 17.8 Å². The number of rotatable bonds is 3. The molecule has 0 radical (unpaired) electrons. The molecule has 0 aromatic heterocycles. The van der Waals surface area contributed by atoms with Gasteiger partial charge < -0.3 is 0 Å². The molecule has 5 heteroatoms. The first-order valence-electron chi connectivity index (χ1n) is 4.40. The van der Waals surface area contributed by atoms with E-state index >= 15 is 0 Å². The van der Waals surface area contributed by atoms with E-state index < -0.39 is 23.7 Å². The molecule has 14 heavy (non-hydrogen) atoms. The molecule has 3 unspecified atom stereocenters. The lowest BCUT2D eigenvalue weighted by Crippen LogP contribution is -2.34. The van der Waals surface area contributed by atoms with E-state index in [1.54, 1.807) is 6.92 Å². The number of ketones is 2. The van der Waals surface area contributed by atoms with Gasteiger partial charge in [-0.2, -0.15) is 13.2 Å². The minimum absolute atomic E-state index is 0.131. The maximum atomic E-state index is 11.9. The van der Waals surface area contributed by atoms with Crippen molar-refractivity contribution in [2.45, 2.75) is 26.4 Å². The maximum absolute atomic E-state index is 11.9. The Morgan fingerprint density at radius 2 is 1.79 bits per heavy atom. The summed E-state index contributed by atoms with van der Waals surface area (Å²) in [6, 6.07) is 0. The first kappa shape index (κ1) is 11.2. The summed E-state index contributed by atoms with van der Waals surface area (Å²) in [4.78, 5) is 22.0. The standard InChI is InChI=1S/C9H11F3O2/c1-4-3-6(4)7(13)5(2)8(14)9(10,11)12/h4-6H,3H2,1-2H3. The Morgan fingerprint density at radius 1 is 1.36 bits per heavy atom. The van der Waals surface area contributed by atoms with E-state index in [2.05, 4.69) is 0 Å². The molecule has 0 amide bonds. The summed E-state index contributed by atoms with van der Waals surface area (Å²) in [6.07, 6.45) is -4.29. The summed E-state index contributed by atoms with van der Waals surface area (Å²) >= 11 is 0. The average molecular weight is 208 g/mol. The van der Waals surface area contributed by atoms with Crippen molar-refractivity contribution in [1.82, 2.24) is 0 Å². The lowest BCUT2D eigenvalue weighted by molar-refractivity contribution is -0.176. The van der Waals surface area contributed by atoms with Crippen molar-refractivity contribution in [2.24, 2.45) is 17.8 Å². The SMILES string of the molecule is CC(C(=O)C1CC1C)C(=O)C(F)(F)F. The van der Waals surface area contributed by atoms with Crippen LogP contribution in [-0.4, -0.2) is 17.7 Å². The van der Waals surface area contributed by atoms with Gasteiger partial charge in [0.25, 0.3) is 0 Å². The number of carbonyl (C=O) groups is 2. The molecule has 1 aliphatic rings. The van der Waals surface area contributed by atoms with Crippen LogP contribution in [0.1, 0.15) is 20.3 Å². The molecule has 1 aliphatic carbocycles. The van der Waals surface area contributed by atoms with E-state index in [0.717, 1.165) is 6.92 Å². The van der Waals surface area contributed by atoms with E-state index in [1.165, 1.54) is 0 Å². The second-order valence-corrected chi connectivity index (χ2v) is 3.81. The van der Waals surface area contributed by atoms with Crippen molar-refractivity contribution in [3.8, 4) is 0 Å². The van der Waals surface area contributed by atoms with Gasteiger partial charge in [-0.3, -0.25) is 9.59 Å². The Labute approximate surface area is 79.5 Å². The summed E-state index contributed by atoms with van der Waals surface area (Å²) in [7, 11) is 0. The van der Waals surface area contributed by atoms with Gasteiger partial charge >= 0.3 is 6.18 Å². The smallest absolute Gasteiger partial charge is 0.299 e. The van der Waals surface area contributed by atoms with Crippen molar-refractivity contribution < 1.29 is 22.8 Å². The van der Waals surface area contributed by atoms with E-state index in [4.69, 9.17) is 0 Å². The van der Waals surface area contributed by atoms with Crippen molar-refractivity contribution in [3.63, 3.8) is 0 Å². The molecule has 0 N–H and O–H groups in total. The number of alkyl halides is 3. The molecule has 1 fully saturated rings. The van der Waals surface area contributed by atoms with Gasteiger partial charge in [0.15, 0.2) is 0 Å². The number of hydrogen-bond donors (Lipinski definition) is 0. The van der Waals surface area contributed by atoms with Gasteiger partial charge in [-0.05, 0) is 19.3 Å². The third-order valence-electron chi connectivity index (χ3n) is 2.57. The quantitative estimate of drug-likeness (QED) is 0.664. The Kier molecular flexibility index (Phi) is 2.69. The van der Waals surface area contributed by atoms with Crippen LogP contribution in [0.5, 0.6) is 0 Å². The summed E-state index contributed by atoms with van der Waals surface area (Å²) in [5.41, 5.74) is 0. The van der Waals surface area contributed by atoms with Gasteiger partial charge in [0.1, 0.15) is 5.78 Å². The summed E-state index contributed by atoms with van der Waals surface area (Å²) < 4.78 is 35.8. The largest absolute Gasteiger partial charge is 0.450 e. The van der Waals surface area contributed by atoms with Crippen LogP contribution < -0.4 is 0 Å². The number of carbonyl (C=O) groups excluding carboxylic acids is 2. The van der Waals surface area contributed by atoms with Gasteiger partial charge in [-0.1, -0.05) is 6.92 Å². The number of hydrogen-bond acceptors (Lipinski definition) is 2. The van der Waals surface area contributed by atoms with Crippen LogP contribution in [0.3, 0.4) is 0 Å². The molecule has 0 aliphatic heterocycles. The Bertz CT molecular complexity index is 270. The van der Waals surface area contributed by atoms with Crippen molar-refractivity contribution in [1.29, 1.82) is 0 Å². The van der Waals surface area contributed by atoms with Gasteiger partial charge in [0.2, 0.25) is 5.78 Å². The molecule has 0 aromatic rings. The van der Waals surface area contributed by atoms with Crippen LogP contribution in [0.25, 0.3) is 0 Å². The van der Waals surface area contributed by atoms with Gasteiger partial charge in [0.05, 0.1) is 5.92 Å². The van der Waals surface area contributed by atoms with Crippen LogP contribution >= 0.6 is 0 Å². The molecule has 0 spiro atoms. The Hall–Kier alpha value is -0.870. The highest BCUT2D eigenvalue weighted by molar-refractivity contribution is 6.06. The molecule has 1 rings (SSSR count). The fourth-order valence-corrected chi connectivity index (χ4v) is 1.41. The molecule has 2 nitrogen and oxygen atoms in total. The zero-order valence-corrected chi connectivity index (χ0v) is 7.89. The van der Waals surface area contributed by atoms with Gasteiger partial charge in [0, 0.05) is 5.92 Å². The monoisotopic (exact) mass is 208 g/mol. The molecule has 1 saturated carbocycles. The zero-order chi connectivity index (χ0) is 11.1. The van der Waals surface area contributed by atoms with Crippen molar-refractivity contribution in [3.05, 3.63) is 0 Å². The lowest BCUT2D eigenvalue weighted by atomic mass is 9.97. The molecule has 0 bridgehead atoms. The topological polar surface area (TPSA) is 34.1 Å². The van der Waals surface area contributed by atoms with Gasteiger partial charge in [-0.15, -0.1) is 0 Å². The lowest BCUT2D eigenvalue weighted by Gasteiger charge is -2.11. The average Bonchev–Trinajstić information content (AvgIpc) is 2.77. The van der Waals surface area contributed by atoms with Crippen molar-refractivity contribution >= 4 is 11.6 Å². The summed E-state index contributed by atoms with van der Waals surface area (Å²) in [6.45, 7) is 2.82. The zero-order valence-electron chi connectivity index (χ0n) is 7.89. The Balaban J connectivity index is 2.61. The number of Topliss-reactive ketones (excluding diaryl/α,β-unsaturated/α-hetero) is 2. The second kappa shape index (κ2) is 3.37. The first-order valence-corrected chi connectivity index (χ1v) is 4.40. The fourth-order valence-electron chi connectivity index (χ4n) is 1.41. The van der Waals surface area contributed by atoms with E-state index in [-0.39, 0.29) is 11.8 Å². The van der Waals surface area contributed by atoms with Crippen LogP contribution in [0.2, 0.25) is 0 Å². The summed E-state index contributed by atoms with van der Waals surface area (Å²) in [5, 5.41) is 0. The Morgan fingerprint density at radius 3 is 2.07 bits per heavy atom. The van der Waals surface area contributed by atoms with Crippen LogP contribution in [0.15, 0.2) is 0 Å². The van der Waals surface area contributed by atoms with Crippen molar-refractivity contribution in [2.75, 3.05) is 0 Å². The normalized spacial score (nSPS) is 28.4. The third kappa shape index (κ3) is 2.13. The highest BCUT2D eigenvalue weighted by atomic mass is 19.4. The molecule has 0 heterocycles. The third-order valence-corrected chi connectivity index (χ3v) is 2.57. The fraction of sp³-hybridized carbons (Fsp3) is 0.778. The predicted octanol–water partition coefficient (Wildman–Crippen LogP) is 1.98. The second-order valence-electron chi connectivity index (χ2n) is 3.81. The minimum atomic E-state index is -4.90. The summed E-state index contributed by atoms with van der Waals surface area (Å²) in [5.74, 6) is -4.24. The molecule has 0 aromatic carbocycles. The molecule has 0 saturated heterocycles. The molecular formula is C9H11F3O2. The van der Waals surface area contributed by atoms with Crippen LogP contribution in [-0.2, 0) is 9.59 Å². The van der Waals surface area contributed by atoms with E-state index in [1.807, 2.05) is 0 Å².